The van der Waals surface area contributed by atoms with Gasteiger partial charge in [0.25, 0.3) is 0 Å². The van der Waals surface area contributed by atoms with Gasteiger partial charge in [0, 0.05) is 0 Å². The standard InChI is InChI=1S/C34H43Si2.3ClH.Ti/c1-23-17-31(35(9,10)11)21-32(18-23)36(30-15-13-12-14-16-30,33-19-24(2)27(5)25(3)20-33)34(8)22-26(4)28(6)29(34)7;;;;/h12-21H,1-11H3;3*1H;/q;;;;+3/p-3. The molecule has 3 aromatic carbocycles. The van der Waals surface area contributed by atoms with Gasteiger partial charge in [-0.05, 0) is 0 Å². The maximum absolute atomic E-state index is 2.65. The van der Waals surface area contributed by atoms with Crippen LogP contribution in [0.1, 0.15) is 49.9 Å². The van der Waals surface area contributed by atoms with Gasteiger partial charge >= 0.3 is 241 Å². The Kier molecular flexibility index (Phi) is 12.3. The van der Waals surface area contributed by atoms with E-state index < -0.39 is 16.1 Å². The summed E-state index contributed by atoms with van der Waals surface area (Å²) in [4.78, 5) is 0. The van der Waals surface area contributed by atoms with Crippen molar-refractivity contribution >= 4 is 36.9 Å². The summed E-state index contributed by atoms with van der Waals surface area (Å²) in [5.74, 6) is 0. The van der Waals surface area contributed by atoms with Crippen molar-refractivity contribution in [1.82, 2.24) is 0 Å². The molecule has 0 radical (unpaired) electrons. The largest absolute Gasteiger partial charge is 1.00 e. The van der Waals surface area contributed by atoms with E-state index in [9.17, 15) is 0 Å². The van der Waals surface area contributed by atoms with Crippen LogP contribution < -0.4 is 58.0 Å². The van der Waals surface area contributed by atoms with Crippen LogP contribution in [0.15, 0.2) is 81.3 Å². The molecule has 2 atom stereocenters. The van der Waals surface area contributed by atoms with Gasteiger partial charge in [0.2, 0.25) is 0 Å². The third kappa shape index (κ3) is 5.72. The van der Waals surface area contributed by atoms with Gasteiger partial charge in [-0.2, -0.15) is 0 Å². The van der Waals surface area contributed by atoms with Gasteiger partial charge < -0.3 is 37.2 Å². The van der Waals surface area contributed by atoms with E-state index >= 15 is 0 Å². The molecule has 0 nitrogen and oxygen atoms in total. The van der Waals surface area contributed by atoms with Crippen molar-refractivity contribution < 1.29 is 57.7 Å². The molecule has 1 aliphatic carbocycles. The normalized spacial score (nSPS) is 18.5. The predicted octanol–water partition coefficient (Wildman–Crippen LogP) is -2.12. The second kappa shape index (κ2) is 13.2. The van der Waals surface area contributed by atoms with E-state index in [2.05, 4.69) is 156 Å². The summed E-state index contributed by atoms with van der Waals surface area (Å²) in [6.07, 6.45) is 0. The molecule has 0 fully saturated rings. The van der Waals surface area contributed by atoms with Crippen molar-refractivity contribution in [2.75, 3.05) is 0 Å². The van der Waals surface area contributed by atoms with Gasteiger partial charge in [0.1, 0.15) is 0 Å². The Morgan fingerprint density at radius 1 is 0.600 bits per heavy atom. The molecule has 0 saturated heterocycles. The molecule has 0 saturated carbocycles. The van der Waals surface area contributed by atoms with Crippen molar-refractivity contribution in [3.05, 3.63) is 104 Å². The minimum Gasteiger partial charge on any atom is -1.00 e. The van der Waals surface area contributed by atoms with Crippen LogP contribution >= 0.6 is 0 Å². The van der Waals surface area contributed by atoms with Crippen molar-refractivity contribution in [3.8, 4) is 0 Å². The second-order valence-electron chi connectivity index (χ2n) is 12.6. The van der Waals surface area contributed by atoms with E-state index in [1.807, 2.05) is 0 Å². The predicted molar refractivity (Wildman–Crippen MR) is 165 cm³/mol. The maximum atomic E-state index is 2.64. The Bertz CT molecular complexity index is 1400. The Morgan fingerprint density at radius 3 is 1.52 bits per heavy atom. The third-order valence-electron chi connectivity index (χ3n) is 9.44. The minimum absolute atomic E-state index is 0. The minimum atomic E-state index is -2.65. The van der Waals surface area contributed by atoms with Crippen LogP contribution in [0.25, 0.3) is 0 Å². The van der Waals surface area contributed by atoms with Crippen molar-refractivity contribution in [2.45, 2.75) is 80.1 Å². The number of aryl methyl sites for hydroxylation is 3. The molecular weight excluding hydrogens is 619 g/mol. The molecule has 0 heterocycles. The summed E-state index contributed by atoms with van der Waals surface area (Å²) in [5.41, 5.74) is 10.1. The molecule has 3 aromatic rings. The number of halogens is 3. The van der Waals surface area contributed by atoms with Gasteiger partial charge in [-0.3, -0.25) is 0 Å². The average molecular weight is 662 g/mol. The Hall–Kier alpha value is -0.842. The smallest absolute Gasteiger partial charge is 1.00 e. The first-order valence-electron chi connectivity index (χ1n) is 13.5. The summed E-state index contributed by atoms with van der Waals surface area (Å²) in [5, 5.41) is 6.10. The quantitative estimate of drug-likeness (QED) is 0.217. The molecule has 0 aliphatic heterocycles. The summed E-state index contributed by atoms with van der Waals surface area (Å²) in [6.45, 7) is 26.3. The van der Waals surface area contributed by atoms with Gasteiger partial charge in [-0.25, -0.2) is 0 Å². The van der Waals surface area contributed by atoms with Crippen LogP contribution in [0.4, 0.5) is 0 Å². The summed E-state index contributed by atoms with van der Waals surface area (Å²) >= 11 is 2.42. The first kappa shape index (κ1) is 37.2. The molecule has 2 unspecified atom stereocenters. The average Bonchev–Trinajstić information content (AvgIpc) is 2.98. The number of allylic oxidation sites excluding steroid dienone is 4. The molecule has 4 rings (SSSR count). The van der Waals surface area contributed by atoms with Gasteiger partial charge in [0.05, 0.1) is 0 Å². The summed E-state index contributed by atoms with van der Waals surface area (Å²) in [7, 11) is -4.18. The molecule has 0 amide bonds. The Labute approximate surface area is 276 Å². The van der Waals surface area contributed by atoms with Gasteiger partial charge in [-0.15, -0.1) is 0 Å². The number of benzene rings is 3. The fourth-order valence-electron chi connectivity index (χ4n) is 6.61. The fraction of sp³-hybridized carbons (Fsp3) is 0.353. The molecule has 6 heteroatoms. The van der Waals surface area contributed by atoms with Crippen LogP contribution in [-0.4, -0.2) is 16.1 Å². The van der Waals surface area contributed by atoms with Crippen LogP contribution in [0.2, 0.25) is 24.7 Å². The molecule has 0 aromatic heterocycles. The number of hydrogen-bond donors (Lipinski definition) is 0. The van der Waals surface area contributed by atoms with Crippen LogP contribution in [-0.2, 0) is 20.4 Å². The first-order chi connectivity index (χ1) is 17.2. The van der Waals surface area contributed by atoms with Crippen LogP contribution in [0, 0.1) is 27.7 Å². The van der Waals surface area contributed by atoms with Crippen molar-refractivity contribution in [2.24, 2.45) is 0 Å². The van der Waals surface area contributed by atoms with Crippen LogP contribution in [0.3, 0.4) is 0 Å². The molecule has 40 heavy (non-hydrogen) atoms. The zero-order valence-corrected chi connectivity index (χ0v) is 31.7. The van der Waals surface area contributed by atoms with E-state index in [-0.39, 0.29) is 42.3 Å². The van der Waals surface area contributed by atoms with Gasteiger partial charge in [-0.1, -0.05) is 0 Å². The topological polar surface area (TPSA) is 0 Å². The molecule has 0 bridgehead atoms. The van der Waals surface area contributed by atoms with E-state index in [4.69, 9.17) is 0 Å². The maximum Gasteiger partial charge on any atom is -1.00 e. The SMILES string of the molecule is CC1=C(C)C(C)([Si](c2ccccc2)(c2cc(C)cc([Si](C)(C)C)c2)c2cc(C)c(C)c(C)c2)[C]([Ti+3])=C1C.[Cl-].[Cl-].[Cl-]. The van der Waals surface area contributed by atoms with Crippen molar-refractivity contribution in [3.63, 3.8) is 0 Å². The number of rotatable bonds is 5. The molecule has 0 spiro atoms. The Morgan fingerprint density at radius 2 is 1.07 bits per heavy atom. The molecule has 212 valence electrons. The van der Waals surface area contributed by atoms with E-state index in [1.54, 1.807) is 19.8 Å². The first-order valence-corrected chi connectivity index (χ1v) is 19.8. The third-order valence-corrected chi connectivity index (χ3v) is 18.9. The molecule has 0 N–H and O–H groups in total. The molecule has 1 aliphatic rings. The van der Waals surface area contributed by atoms with E-state index in [1.165, 1.54) is 43.8 Å². The zero-order valence-electron chi connectivity index (χ0n) is 25.9. The fourth-order valence-corrected chi connectivity index (χ4v) is 15.9. The zero-order chi connectivity index (χ0) is 27.5. The van der Waals surface area contributed by atoms with Gasteiger partial charge in [0.15, 0.2) is 0 Å². The van der Waals surface area contributed by atoms with E-state index in [0.717, 1.165) is 0 Å². The summed E-state index contributed by atoms with van der Waals surface area (Å²) < 4.78 is 1.55. The second-order valence-corrected chi connectivity index (χ2v) is 22.7. The summed E-state index contributed by atoms with van der Waals surface area (Å²) in [6, 6.07) is 24.3. The Balaban J connectivity index is 0.00000267. The van der Waals surface area contributed by atoms with E-state index in [0.29, 0.717) is 0 Å². The monoisotopic (exact) mass is 660 g/mol. The van der Waals surface area contributed by atoms with Crippen LogP contribution in [0.5, 0.6) is 0 Å². The number of hydrogen-bond acceptors (Lipinski definition) is 0. The van der Waals surface area contributed by atoms with Crippen molar-refractivity contribution in [1.29, 1.82) is 0 Å². The molecular formula is C34H43Cl3Si2Ti.